The minimum Gasteiger partial charge on any atom is -0.494 e. The number of carbonyl (C=O) groups is 2. The summed E-state index contributed by atoms with van der Waals surface area (Å²) in [7, 11) is 1.30. The van der Waals surface area contributed by atoms with Gasteiger partial charge in [0.05, 0.1) is 26.0 Å². The fourth-order valence-corrected chi connectivity index (χ4v) is 3.64. The number of carbonyl (C=O) groups excluding carboxylic acids is 2. The quantitative estimate of drug-likeness (QED) is 0.814. The van der Waals surface area contributed by atoms with Gasteiger partial charge in [-0.15, -0.1) is 0 Å². The van der Waals surface area contributed by atoms with Crippen LogP contribution in [0.4, 0.5) is 9.93 Å². The summed E-state index contributed by atoms with van der Waals surface area (Å²) >= 11 is 1.35. The number of anilines is 1. The van der Waals surface area contributed by atoms with Crippen molar-refractivity contribution in [1.82, 2.24) is 9.88 Å². The lowest BCUT2D eigenvalue weighted by Crippen LogP contribution is -2.38. The van der Waals surface area contributed by atoms with Crippen molar-refractivity contribution in [3.05, 3.63) is 34.8 Å². The molecule has 2 heterocycles. The lowest BCUT2D eigenvalue weighted by Gasteiger charge is -2.26. The molecule has 0 fully saturated rings. The third-order valence-electron chi connectivity index (χ3n) is 3.98. The van der Waals surface area contributed by atoms with Gasteiger partial charge in [-0.1, -0.05) is 11.3 Å². The molecule has 0 radical (unpaired) electrons. The largest absolute Gasteiger partial charge is 0.494 e. The Morgan fingerprint density at radius 2 is 1.93 bits per heavy atom. The molecule has 1 aromatic heterocycles. The highest BCUT2D eigenvalue weighted by Crippen LogP contribution is 2.28. The molecule has 1 aliphatic heterocycles. The second kappa shape index (κ2) is 8.72. The summed E-state index contributed by atoms with van der Waals surface area (Å²) in [4.78, 5) is 30.8. The molecular formula is C18H21N3O5S. The molecule has 8 nitrogen and oxygen atoms in total. The maximum Gasteiger partial charge on any atom is 0.413 e. The molecule has 0 aliphatic carbocycles. The van der Waals surface area contributed by atoms with Crippen molar-refractivity contribution in [3.63, 3.8) is 0 Å². The van der Waals surface area contributed by atoms with Gasteiger partial charge >= 0.3 is 6.09 Å². The lowest BCUT2D eigenvalue weighted by atomic mass is 10.2. The predicted molar refractivity (Wildman–Crippen MR) is 100 cm³/mol. The number of benzene rings is 1. The van der Waals surface area contributed by atoms with Gasteiger partial charge < -0.3 is 19.1 Å². The van der Waals surface area contributed by atoms with Crippen LogP contribution in [-0.2, 0) is 22.5 Å². The van der Waals surface area contributed by atoms with E-state index in [1.54, 1.807) is 17.0 Å². The third kappa shape index (κ3) is 4.88. The van der Waals surface area contributed by atoms with Crippen molar-refractivity contribution in [3.8, 4) is 11.5 Å². The number of aromatic nitrogens is 1. The molecule has 0 unspecified atom stereocenters. The Morgan fingerprint density at radius 1 is 1.22 bits per heavy atom. The van der Waals surface area contributed by atoms with Crippen molar-refractivity contribution in [2.24, 2.45) is 0 Å². The smallest absolute Gasteiger partial charge is 0.413 e. The van der Waals surface area contributed by atoms with Crippen molar-refractivity contribution in [2.75, 3.05) is 32.2 Å². The fourth-order valence-electron chi connectivity index (χ4n) is 2.64. The van der Waals surface area contributed by atoms with E-state index in [2.05, 4.69) is 15.0 Å². The predicted octanol–water partition coefficient (Wildman–Crippen LogP) is 2.68. The highest BCUT2D eigenvalue weighted by Gasteiger charge is 2.25. The van der Waals surface area contributed by atoms with Gasteiger partial charge in [-0.05, 0) is 31.2 Å². The van der Waals surface area contributed by atoms with E-state index in [0.717, 1.165) is 16.3 Å². The fraction of sp³-hybridized carbons (Fsp3) is 0.389. The summed E-state index contributed by atoms with van der Waals surface area (Å²) in [5, 5.41) is 3.04. The zero-order chi connectivity index (χ0) is 19.2. The molecule has 27 heavy (non-hydrogen) atoms. The molecule has 0 saturated heterocycles. The Labute approximate surface area is 161 Å². The molecular weight excluding hydrogens is 370 g/mol. The molecule has 1 aliphatic rings. The molecule has 1 aromatic carbocycles. The van der Waals surface area contributed by atoms with Gasteiger partial charge in [0.2, 0.25) is 0 Å². The first-order chi connectivity index (χ1) is 13.1. The number of nitrogens with one attached hydrogen (secondary N) is 1. The van der Waals surface area contributed by atoms with Crippen LogP contribution in [0.25, 0.3) is 0 Å². The minimum atomic E-state index is -0.558. The topological polar surface area (TPSA) is 90.0 Å². The van der Waals surface area contributed by atoms with Crippen LogP contribution in [0, 0.1) is 0 Å². The monoisotopic (exact) mass is 391 g/mol. The number of nitrogens with zero attached hydrogens (tertiary/aromatic N) is 2. The summed E-state index contributed by atoms with van der Waals surface area (Å²) < 4.78 is 15.5. The molecule has 2 amide bonds. The van der Waals surface area contributed by atoms with Crippen LogP contribution in [0.15, 0.2) is 24.3 Å². The summed E-state index contributed by atoms with van der Waals surface area (Å²) in [5.74, 6) is 1.29. The summed E-state index contributed by atoms with van der Waals surface area (Å²) in [6.45, 7) is 3.52. The van der Waals surface area contributed by atoms with Crippen LogP contribution in [0.3, 0.4) is 0 Å². The van der Waals surface area contributed by atoms with Crippen molar-refractivity contribution in [2.45, 2.75) is 19.9 Å². The first kappa shape index (κ1) is 19.0. The highest BCUT2D eigenvalue weighted by atomic mass is 32.1. The van der Waals surface area contributed by atoms with E-state index in [9.17, 15) is 9.59 Å². The maximum absolute atomic E-state index is 12.5. The van der Waals surface area contributed by atoms with Crippen LogP contribution in [0.2, 0.25) is 0 Å². The van der Waals surface area contributed by atoms with Gasteiger partial charge in [0, 0.05) is 17.8 Å². The number of rotatable bonds is 6. The Morgan fingerprint density at radius 3 is 2.59 bits per heavy atom. The van der Waals surface area contributed by atoms with E-state index in [0.29, 0.717) is 37.0 Å². The average molecular weight is 391 g/mol. The summed E-state index contributed by atoms with van der Waals surface area (Å²) in [5.41, 5.74) is 0.905. The standard InChI is InChI=1S/C18H21N3O5S/c1-3-25-12-4-6-13(7-5-12)26-11-16(22)21-9-8-14-15(10-21)27-17(19-14)20-18(23)24-2/h4-7H,3,8-11H2,1-2H3,(H,19,20,23). The molecule has 0 bridgehead atoms. The van der Waals surface area contributed by atoms with Gasteiger partial charge in [-0.2, -0.15) is 0 Å². The van der Waals surface area contributed by atoms with E-state index in [4.69, 9.17) is 9.47 Å². The maximum atomic E-state index is 12.5. The molecule has 1 N–H and O–H groups in total. The zero-order valence-electron chi connectivity index (χ0n) is 15.2. The van der Waals surface area contributed by atoms with Crippen LogP contribution < -0.4 is 14.8 Å². The van der Waals surface area contributed by atoms with E-state index < -0.39 is 6.09 Å². The lowest BCUT2D eigenvalue weighted by molar-refractivity contribution is -0.134. The number of fused-ring (bicyclic) bond motifs is 1. The summed E-state index contributed by atoms with van der Waals surface area (Å²) in [6.07, 6.45) is 0.0847. The highest BCUT2D eigenvalue weighted by molar-refractivity contribution is 7.15. The Bertz CT molecular complexity index is 806. The molecule has 9 heteroatoms. The SMILES string of the molecule is CCOc1ccc(OCC(=O)N2CCc3nc(NC(=O)OC)sc3C2)cc1. The van der Waals surface area contributed by atoms with Crippen molar-refractivity contribution in [1.29, 1.82) is 0 Å². The second-order valence-electron chi connectivity index (χ2n) is 5.76. The molecule has 2 aromatic rings. The average Bonchev–Trinajstić information content (AvgIpc) is 3.08. The number of hydrogen-bond acceptors (Lipinski definition) is 7. The Balaban J connectivity index is 1.53. The Kier molecular flexibility index (Phi) is 6.12. The van der Waals surface area contributed by atoms with Crippen LogP contribution in [0.5, 0.6) is 11.5 Å². The van der Waals surface area contributed by atoms with Crippen molar-refractivity contribution < 1.29 is 23.8 Å². The van der Waals surface area contributed by atoms with E-state index in [-0.39, 0.29) is 12.5 Å². The number of thiazole rings is 1. The van der Waals surface area contributed by atoms with Gasteiger partial charge in [0.25, 0.3) is 5.91 Å². The van der Waals surface area contributed by atoms with E-state index in [1.165, 1.54) is 18.4 Å². The van der Waals surface area contributed by atoms with Gasteiger partial charge in [0.1, 0.15) is 11.5 Å². The minimum absolute atomic E-state index is 0.0324. The van der Waals surface area contributed by atoms with Gasteiger partial charge in [0.15, 0.2) is 11.7 Å². The molecule has 3 rings (SSSR count). The molecule has 0 saturated carbocycles. The van der Waals surface area contributed by atoms with Crippen LogP contribution in [-0.4, -0.2) is 48.8 Å². The van der Waals surface area contributed by atoms with E-state index in [1.807, 2.05) is 19.1 Å². The van der Waals surface area contributed by atoms with Crippen molar-refractivity contribution >= 4 is 28.5 Å². The number of methoxy groups -OCH3 is 1. The number of hydrogen-bond donors (Lipinski definition) is 1. The number of ether oxygens (including phenoxy) is 3. The first-order valence-electron chi connectivity index (χ1n) is 8.56. The zero-order valence-corrected chi connectivity index (χ0v) is 16.0. The van der Waals surface area contributed by atoms with E-state index >= 15 is 0 Å². The molecule has 0 spiro atoms. The normalized spacial score (nSPS) is 12.9. The van der Waals surface area contributed by atoms with Gasteiger partial charge in [-0.3, -0.25) is 10.1 Å². The number of amides is 2. The summed E-state index contributed by atoms with van der Waals surface area (Å²) in [6, 6.07) is 7.17. The molecule has 0 atom stereocenters. The molecule has 144 valence electrons. The van der Waals surface area contributed by atoms with Crippen LogP contribution in [0.1, 0.15) is 17.5 Å². The van der Waals surface area contributed by atoms with Gasteiger partial charge in [-0.25, -0.2) is 9.78 Å². The Hall–Kier alpha value is -2.81. The van der Waals surface area contributed by atoms with Crippen LogP contribution >= 0.6 is 11.3 Å². The third-order valence-corrected chi connectivity index (χ3v) is 4.97. The first-order valence-corrected chi connectivity index (χ1v) is 9.37. The second-order valence-corrected chi connectivity index (χ2v) is 6.85.